The van der Waals surface area contributed by atoms with E-state index >= 15 is 0 Å². The predicted octanol–water partition coefficient (Wildman–Crippen LogP) is 3.13. The SMILES string of the molecule is COc1ccc(C2CC(c3ccccc3)=NN2C(=O)CN2CC(C(N)=O)Oc3ccccc32)cc1. The lowest BCUT2D eigenvalue weighted by molar-refractivity contribution is -0.132. The van der Waals surface area contributed by atoms with Crippen molar-refractivity contribution in [3.63, 3.8) is 0 Å². The summed E-state index contributed by atoms with van der Waals surface area (Å²) >= 11 is 0. The van der Waals surface area contributed by atoms with E-state index in [1.807, 2.05) is 77.7 Å². The van der Waals surface area contributed by atoms with Crippen molar-refractivity contribution in [1.82, 2.24) is 5.01 Å². The zero-order chi connectivity index (χ0) is 24.4. The second kappa shape index (κ2) is 9.50. The van der Waals surface area contributed by atoms with Gasteiger partial charge in [0.1, 0.15) is 11.5 Å². The van der Waals surface area contributed by atoms with Gasteiger partial charge in [0.05, 0.1) is 37.6 Å². The van der Waals surface area contributed by atoms with E-state index in [-0.39, 0.29) is 25.0 Å². The van der Waals surface area contributed by atoms with Crippen molar-refractivity contribution in [2.24, 2.45) is 10.8 Å². The van der Waals surface area contributed by atoms with E-state index in [1.54, 1.807) is 18.2 Å². The zero-order valence-electron chi connectivity index (χ0n) is 19.3. The average molecular weight is 471 g/mol. The van der Waals surface area contributed by atoms with Gasteiger partial charge in [-0.2, -0.15) is 5.10 Å². The Hall–Kier alpha value is -4.33. The molecule has 2 atom stereocenters. The number of hydrogen-bond acceptors (Lipinski definition) is 6. The zero-order valence-corrected chi connectivity index (χ0v) is 19.3. The monoisotopic (exact) mass is 470 g/mol. The summed E-state index contributed by atoms with van der Waals surface area (Å²) in [6.07, 6.45) is -0.247. The number of hydrazone groups is 1. The quantitative estimate of drug-likeness (QED) is 0.597. The van der Waals surface area contributed by atoms with Gasteiger partial charge in [-0.25, -0.2) is 5.01 Å². The number of nitrogens with two attached hydrogens (primary N) is 1. The van der Waals surface area contributed by atoms with E-state index in [1.165, 1.54) is 0 Å². The molecule has 0 radical (unpaired) electrons. The summed E-state index contributed by atoms with van der Waals surface area (Å²) in [6.45, 7) is 0.219. The van der Waals surface area contributed by atoms with Crippen molar-refractivity contribution in [2.75, 3.05) is 25.1 Å². The minimum absolute atomic E-state index is 0.0301. The van der Waals surface area contributed by atoms with E-state index < -0.39 is 12.0 Å². The molecule has 0 saturated carbocycles. The molecule has 5 rings (SSSR count). The molecule has 2 aliphatic rings. The van der Waals surface area contributed by atoms with E-state index in [4.69, 9.17) is 20.3 Å². The number of nitrogens with zero attached hydrogens (tertiary/aromatic N) is 3. The molecule has 0 fully saturated rings. The lowest BCUT2D eigenvalue weighted by Gasteiger charge is -2.35. The highest BCUT2D eigenvalue weighted by atomic mass is 16.5. The lowest BCUT2D eigenvalue weighted by Crippen LogP contribution is -2.50. The Morgan fingerprint density at radius 3 is 2.46 bits per heavy atom. The van der Waals surface area contributed by atoms with Crippen LogP contribution >= 0.6 is 0 Å². The Morgan fingerprint density at radius 1 is 1.03 bits per heavy atom. The molecule has 0 bridgehead atoms. The van der Waals surface area contributed by atoms with Crippen molar-refractivity contribution in [1.29, 1.82) is 0 Å². The van der Waals surface area contributed by atoms with Crippen LogP contribution in [0.2, 0.25) is 0 Å². The van der Waals surface area contributed by atoms with Crippen molar-refractivity contribution in [2.45, 2.75) is 18.6 Å². The maximum absolute atomic E-state index is 13.7. The fraction of sp³-hybridized carbons (Fsp3) is 0.222. The molecule has 2 aliphatic heterocycles. The molecule has 0 saturated heterocycles. The minimum Gasteiger partial charge on any atom is -0.497 e. The molecule has 3 aromatic carbocycles. The molecule has 0 aliphatic carbocycles. The van der Waals surface area contributed by atoms with Gasteiger partial charge >= 0.3 is 0 Å². The van der Waals surface area contributed by atoms with Crippen molar-refractivity contribution in [3.05, 3.63) is 90.0 Å². The largest absolute Gasteiger partial charge is 0.497 e. The van der Waals surface area contributed by atoms with E-state index in [9.17, 15) is 9.59 Å². The summed E-state index contributed by atoms with van der Waals surface area (Å²) in [4.78, 5) is 27.4. The minimum atomic E-state index is -0.836. The van der Waals surface area contributed by atoms with Gasteiger partial charge in [0.2, 0.25) is 0 Å². The predicted molar refractivity (Wildman–Crippen MR) is 132 cm³/mol. The van der Waals surface area contributed by atoms with Gasteiger partial charge in [-0.1, -0.05) is 54.6 Å². The number of carbonyl (C=O) groups is 2. The molecule has 2 heterocycles. The number of hydrogen-bond donors (Lipinski definition) is 1. The summed E-state index contributed by atoms with van der Waals surface area (Å²) in [5, 5.41) is 6.31. The number of rotatable bonds is 6. The van der Waals surface area contributed by atoms with E-state index in [0.29, 0.717) is 12.2 Å². The van der Waals surface area contributed by atoms with Crippen LogP contribution in [0.4, 0.5) is 5.69 Å². The molecule has 178 valence electrons. The highest BCUT2D eigenvalue weighted by Crippen LogP contribution is 2.36. The summed E-state index contributed by atoms with van der Waals surface area (Å²) in [7, 11) is 1.62. The lowest BCUT2D eigenvalue weighted by atomic mass is 9.98. The third-order valence-electron chi connectivity index (χ3n) is 6.28. The van der Waals surface area contributed by atoms with Crippen LogP contribution in [0.25, 0.3) is 0 Å². The van der Waals surface area contributed by atoms with Crippen LogP contribution in [0.1, 0.15) is 23.6 Å². The maximum Gasteiger partial charge on any atom is 0.262 e. The molecule has 0 spiro atoms. The molecule has 8 heteroatoms. The Labute approximate surface area is 203 Å². The fourth-order valence-electron chi connectivity index (χ4n) is 4.47. The number of anilines is 1. The first-order valence-electron chi connectivity index (χ1n) is 11.4. The van der Waals surface area contributed by atoms with Gasteiger partial charge in [-0.05, 0) is 35.4 Å². The third-order valence-corrected chi connectivity index (χ3v) is 6.28. The molecule has 2 unspecified atom stereocenters. The van der Waals surface area contributed by atoms with Gasteiger partial charge < -0.3 is 20.1 Å². The molecular weight excluding hydrogens is 444 g/mol. The van der Waals surface area contributed by atoms with Crippen molar-refractivity contribution >= 4 is 23.2 Å². The van der Waals surface area contributed by atoms with E-state index in [2.05, 4.69) is 0 Å². The summed E-state index contributed by atoms with van der Waals surface area (Å²) in [5.74, 6) is 0.517. The first kappa shape index (κ1) is 22.5. The number of ether oxygens (including phenoxy) is 2. The standard InChI is InChI=1S/C27H26N4O4/c1-34-20-13-11-19(12-14-20)23-15-21(18-7-3-2-4-8-18)29-31(23)26(32)17-30-16-25(27(28)33)35-24-10-6-5-9-22(24)30/h2-14,23,25H,15-17H2,1H3,(H2,28,33). The third kappa shape index (κ3) is 4.55. The van der Waals surface area contributed by atoms with Crippen molar-refractivity contribution in [3.8, 4) is 11.5 Å². The number of benzene rings is 3. The van der Waals surface area contributed by atoms with Crippen LogP contribution in [0, 0.1) is 0 Å². The molecule has 2 amide bonds. The number of para-hydroxylation sites is 2. The first-order chi connectivity index (χ1) is 17.0. The average Bonchev–Trinajstić information content (AvgIpc) is 3.35. The van der Waals surface area contributed by atoms with Gasteiger partial charge in [-0.15, -0.1) is 0 Å². The molecule has 8 nitrogen and oxygen atoms in total. The second-order valence-corrected chi connectivity index (χ2v) is 8.50. The number of primary amides is 1. The Balaban J connectivity index is 1.45. The highest BCUT2D eigenvalue weighted by molar-refractivity contribution is 6.03. The molecular formula is C27H26N4O4. The van der Waals surface area contributed by atoms with Gasteiger partial charge in [0.25, 0.3) is 11.8 Å². The Kier molecular flexibility index (Phi) is 6.10. The van der Waals surface area contributed by atoms with Crippen LogP contribution in [0.3, 0.4) is 0 Å². The fourth-order valence-corrected chi connectivity index (χ4v) is 4.47. The topological polar surface area (TPSA) is 97.5 Å². The number of methoxy groups -OCH3 is 1. The van der Waals surface area contributed by atoms with Gasteiger partial charge in [0, 0.05) is 6.42 Å². The Bertz CT molecular complexity index is 1260. The van der Waals surface area contributed by atoms with Crippen LogP contribution in [-0.4, -0.2) is 48.8 Å². The van der Waals surface area contributed by atoms with E-state index in [0.717, 1.165) is 28.3 Å². The summed E-state index contributed by atoms with van der Waals surface area (Å²) < 4.78 is 11.0. The van der Waals surface area contributed by atoms with Gasteiger partial charge in [-0.3, -0.25) is 9.59 Å². The van der Waals surface area contributed by atoms with Crippen LogP contribution in [0.15, 0.2) is 84.0 Å². The molecule has 3 aromatic rings. The second-order valence-electron chi connectivity index (χ2n) is 8.50. The van der Waals surface area contributed by atoms with Gasteiger partial charge in [0.15, 0.2) is 6.10 Å². The summed E-state index contributed by atoms with van der Waals surface area (Å²) in [6, 6.07) is 24.6. The smallest absolute Gasteiger partial charge is 0.262 e. The summed E-state index contributed by atoms with van der Waals surface area (Å²) in [5.41, 5.74) is 9.05. The number of amides is 2. The molecule has 0 aromatic heterocycles. The number of fused-ring (bicyclic) bond motifs is 1. The number of carbonyl (C=O) groups excluding carboxylic acids is 2. The van der Waals surface area contributed by atoms with Crippen molar-refractivity contribution < 1.29 is 19.1 Å². The van der Waals surface area contributed by atoms with Crippen LogP contribution in [-0.2, 0) is 9.59 Å². The highest BCUT2D eigenvalue weighted by Gasteiger charge is 2.36. The van der Waals surface area contributed by atoms with Crippen LogP contribution in [0.5, 0.6) is 11.5 Å². The first-order valence-corrected chi connectivity index (χ1v) is 11.4. The maximum atomic E-state index is 13.7. The Morgan fingerprint density at radius 2 is 1.74 bits per heavy atom. The molecule has 35 heavy (non-hydrogen) atoms. The van der Waals surface area contributed by atoms with Crippen LogP contribution < -0.4 is 20.1 Å². The molecule has 2 N–H and O–H groups in total. The normalized spacial score (nSPS) is 18.9.